The molecule has 0 heterocycles. The summed E-state index contributed by atoms with van der Waals surface area (Å²) in [6.45, 7) is 8.61. The first-order chi connectivity index (χ1) is 11.6. The fourth-order valence-electron chi connectivity index (χ4n) is 2.55. The molecule has 0 aromatic heterocycles. The number of carbonyl (C=O) groups excluding carboxylic acids is 1. The third-order valence-electron chi connectivity index (χ3n) is 4.02. The van der Waals surface area contributed by atoms with Crippen LogP contribution in [-0.4, -0.2) is 25.2 Å². The first kappa shape index (κ1) is 23.4. The first-order valence-electron chi connectivity index (χ1n) is 10.1. The quantitative estimate of drug-likeness (QED) is 0.185. The lowest BCUT2D eigenvalue weighted by atomic mass is 10.1. The standard InChI is InChI=1S/C20H40O4/c1-5-7-9-10-11-12-13-14-15-16-20(21)24-19(4)23-18(3)22-17-8-6-2/h18-19H,5-17H2,1-4H3. The molecule has 0 spiro atoms. The predicted octanol–water partition coefficient (Wildman–Crippen LogP) is 5.98. The minimum atomic E-state index is -0.548. The van der Waals surface area contributed by atoms with Crippen LogP contribution in [0.4, 0.5) is 0 Å². The van der Waals surface area contributed by atoms with Crippen LogP contribution in [0.15, 0.2) is 0 Å². The summed E-state index contributed by atoms with van der Waals surface area (Å²) in [4.78, 5) is 11.8. The van der Waals surface area contributed by atoms with Crippen molar-refractivity contribution in [1.82, 2.24) is 0 Å². The Morgan fingerprint density at radius 2 is 1.29 bits per heavy atom. The van der Waals surface area contributed by atoms with Gasteiger partial charge in [-0.15, -0.1) is 0 Å². The van der Waals surface area contributed by atoms with Crippen molar-refractivity contribution in [2.45, 2.75) is 117 Å². The topological polar surface area (TPSA) is 44.8 Å². The molecule has 0 aromatic rings. The number of unbranched alkanes of at least 4 members (excludes halogenated alkanes) is 9. The third-order valence-corrected chi connectivity index (χ3v) is 4.02. The Balaban J connectivity index is 3.47. The molecule has 0 aliphatic rings. The monoisotopic (exact) mass is 344 g/mol. The van der Waals surface area contributed by atoms with Crippen molar-refractivity contribution < 1.29 is 19.0 Å². The van der Waals surface area contributed by atoms with Crippen molar-refractivity contribution >= 4 is 5.97 Å². The van der Waals surface area contributed by atoms with Gasteiger partial charge < -0.3 is 14.2 Å². The Labute approximate surface area is 149 Å². The van der Waals surface area contributed by atoms with Gasteiger partial charge in [-0.1, -0.05) is 71.6 Å². The second-order valence-corrected chi connectivity index (χ2v) is 6.56. The summed E-state index contributed by atoms with van der Waals surface area (Å²) in [6.07, 6.45) is 12.9. The van der Waals surface area contributed by atoms with Gasteiger partial charge in [0.05, 0.1) is 0 Å². The van der Waals surface area contributed by atoms with Crippen molar-refractivity contribution in [2.24, 2.45) is 0 Å². The van der Waals surface area contributed by atoms with Crippen molar-refractivity contribution in [3.05, 3.63) is 0 Å². The lowest BCUT2D eigenvalue weighted by Gasteiger charge is -2.19. The Morgan fingerprint density at radius 1 is 0.750 bits per heavy atom. The highest BCUT2D eigenvalue weighted by Crippen LogP contribution is 2.11. The number of carbonyl (C=O) groups is 1. The highest BCUT2D eigenvalue weighted by molar-refractivity contribution is 5.69. The average molecular weight is 345 g/mol. The van der Waals surface area contributed by atoms with Gasteiger partial charge in [0.2, 0.25) is 6.29 Å². The lowest BCUT2D eigenvalue weighted by molar-refractivity contribution is -0.229. The summed E-state index contributed by atoms with van der Waals surface area (Å²) >= 11 is 0. The molecular formula is C20H40O4. The van der Waals surface area contributed by atoms with Crippen LogP contribution in [0.5, 0.6) is 0 Å². The molecule has 2 unspecified atom stereocenters. The Hall–Kier alpha value is -0.610. The molecular weight excluding hydrogens is 304 g/mol. The fraction of sp³-hybridized carbons (Fsp3) is 0.950. The zero-order chi connectivity index (χ0) is 18.0. The molecule has 4 nitrogen and oxygen atoms in total. The zero-order valence-corrected chi connectivity index (χ0v) is 16.5. The van der Waals surface area contributed by atoms with Crippen LogP contribution >= 0.6 is 0 Å². The van der Waals surface area contributed by atoms with Crippen LogP contribution < -0.4 is 0 Å². The van der Waals surface area contributed by atoms with E-state index in [0.29, 0.717) is 13.0 Å². The summed E-state index contributed by atoms with van der Waals surface area (Å²) in [7, 11) is 0. The van der Waals surface area contributed by atoms with Crippen LogP contribution in [0.25, 0.3) is 0 Å². The van der Waals surface area contributed by atoms with Crippen LogP contribution in [0, 0.1) is 0 Å². The molecule has 2 atom stereocenters. The van der Waals surface area contributed by atoms with Gasteiger partial charge in [-0.2, -0.15) is 0 Å². The number of hydrogen-bond donors (Lipinski definition) is 0. The van der Waals surface area contributed by atoms with Crippen molar-refractivity contribution in [3.63, 3.8) is 0 Å². The molecule has 4 heteroatoms. The van der Waals surface area contributed by atoms with Crippen LogP contribution in [0.1, 0.15) is 105 Å². The van der Waals surface area contributed by atoms with E-state index in [2.05, 4.69) is 13.8 Å². The molecule has 0 radical (unpaired) electrons. The third kappa shape index (κ3) is 16.3. The van der Waals surface area contributed by atoms with E-state index in [1.165, 1.54) is 44.9 Å². The number of hydrogen-bond acceptors (Lipinski definition) is 4. The van der Waals surface area contributed by atoms with Gasteiger partial charge in [-0.25, -0.2) is 0 Å². The number of rotatable bonds is 17. The molecule has 0 saturated heterocycles. The van der Waals surface area contributed by atoms with Crippen molar-refractivity contribution in [2.75, 3.05) is 6.61 Å². The largest absolute Gasteiger partial charge is 0.436 e. The molecule has 0 aliphatic carbocycles. The van der Waals surface area contributed by atoms with Crippen LogP contribution in [0.2, 0.25) is 0 Å². The second kappa shape index (κ2) is 17.2. The molecule has 0 N–H and O–H groups in total. The smallest absolute Gasteiger partial charge is 0.308 e. The number of ether oxygens (including phenoxy) is 3. The highest BCUT2D eigenvalue weighted by Gasteiger charge is 2.13. The minimum Gasteiger partial charge on any atom is -0.436 e. The molecule has 144 valence electrons. The van der Waals surface area contributed by atoms with E-state index >= 15 is 0 Å². The van der Waals surface area contributed by atoms with Crippen molar-refractivity contribution in [1.29, 1.82) is 0 Å². The van der Waals surface area contributed by atoms with E-state index in [4.69, 9.17) is 14.2 Å². The fourth-order valence-corrected chi connectivity index (χ4v) is 2.55. The Kier molecular flexibility index (Phi) is 16.8. The predicted molar refractivity (Wildman–Crippen MR) is 98.8 cm³/mol. The summed E-state index contributed by atoms with van der Waals surface area (Å²) in [6, 6.07) is 0. The molecule has 0 amide bonds. The van der Waals surface area contributed by atoms with E-state index in [0.717, 1.165) is 25.7 Å². The van der Waals surface area contributed by atoms with E-state index in [1.54, 1.807) is 6.92 Å². The van der Waals surface area contributed by atoms with Gasteiger partial charge >= 0.3 is 5.97 Å². The molecule has 0 aromatic carbocycles. The summed E-state index contributed by atoms with van der Waals surface area (Å²) in [5.41, 5.74) is 0. The minimum absolute atomic E-state index is 0.175. The van der Waals surface area contributed by atoms with E-state index < -0.39 is 6.29 Å². The molecule has 0 fully saturated rings. The molecule has 0 aliphatic heterocycles. The molecule has 0 bridgehead atoms. The maximum Gasteiger partial charge on any atom is 0.308 e. The molecule has 0 rings (SSSR count). The normalized spacial score (nSPS) is 13.7. The van der Waals surface area contributed by atoms with Gasteiger partial charge in [0.15, 0.2) is 6.29 Å². The Bertz CT molecular complexity index is 281. The van der Waals surface area contributed by atoms with Gasteiger partial charge in [0, 0.05) is 13.0 Å². The maximum atomic E-state index is 11.8. The van der Waals surface area contributed by atoms with Crippen LogP contribution in [-0.2, 0) is 19.0 Å². The van der Waals surface area contributed by atoms with Crippen LogP contribution in [0.3, 0.4) is 0 Å². The zero-order valence-electron chi connectivity index (χ0n) is 16.5. The number of esters is 1. The Morgan fingerprint density at radius 3 is 1.88 bits per heavy atom. The van der Waals surface area contributed by atoms with Gasteiger partial charge in [-0.05, 0) is 26.7 Å². The van der Waals surface area contributed by atoms with E-state index in [9.17, 15) is 4.79 Å². The summed E-state index contributed by atoms with van der Waals surface area (Å²) < 4.78 is 16.2. The summed E-state index contributed by atoms with van der Waals surface area (Å²) in [5, 5.41) is 0. The summed E-state index contributed by atoms with van der Waals surface area (Å²) in [5.74, 6) is -0.175. The SMILES string of the molecule is CCCCCCCCCCCC(=O)OC(C)OC(C)OCCCC. The van der Waals surface area contributed by atoms with Crippen molar-refractivity contribution in [3.8, 4) is 0 Å². The highest BCUT2D eigenvalue weighted by atomic mass is 16.8. The lowest BCUT2D eigenvalue weighted by Crippen LogP contribution is -2.25. The average Bonchev–Trinajstić information content (AvgIpc) is 2.53. The van der Waals surface area contributed by atoms with Gasteiger partial charge in [0.1, 0.15) is 0 Å². The first-order valence-corrected chi connectivity index (χ1v) is 10.1. The second-order valence-electron chi connectivity index (χ2n) is 6.56. The maximum absolute atomic E-state index is 11.8. The molecule has 0 saturated carbocycles. The van der Waals surface area contributed by atoms with E-state index in [1.807, 2.05) is 6.92 Å². The van der Waals surface area contributed by atoms with Gasteiger partial charge in [-0.3, -0.25) is 4.79 Å². The van der Waals surface area contributed by atoms with Gasteiger partial charge in [0.25, 0.3) is 0 Å². The van der Waals surface area contributed by atoms with E-state index in [-0.39, 0.29) is 12.3 Å². The molecule has 24 heavy (non-hydrogen) atoms.